The van der Waals surface area contributed by atoms with Crippen molar-refractivity contribution in [3.8, 4) is 28.2 Å². The molecule has 0 aliphatic rings. The Kier molecular flexibility index (Phi) is 4.95. The lowest BCUT2D eigenvalue weighted by atomic mass is 10.1. The molecule has 3 heterocycles. The van der Waals surface area contributed by atoms with Crippen LogP contribution in [0.3, 0.4) is 0 Å². The molecule has 28 heavy (non-hydrogen) atoms. The van der Waals surface area contributed by atoms with E-state index < -0.39 is 0 Å². The molecule has 0 amide bonds. The third-order valence-electron chi connectivity index (χ3n) is 4.43. The molecule has 4 aromatic rings. The number of aliphatic hydroxyl groups excluding tert-OH is 1. The molecular formula is C22H21N3O3. The van der Waals surface area contributed by atoms with Gasteiger partial charge in [0.2, 0.25) is 0 Å². The fraction of sp³-hybridized carbons (Fsp3) is 0.182. The normalized spacial score (nSPS) is 11.0. The smallest absolute Gasteiger partial charge is 0.161 e. The van der Waals surface area contributed by atoms with Gasteiger partial charge in [-0.05, 0) is 42.5 Å². The molecule has 142 valence electrons. The monoisotopic (exact) mass is 375 g/mol. The second kappa shape index (κ2) is 7.70. The highest BCUT2D eigenvalue weighted by molar-refractivity contribution is 5.92. The average Bonchev–Trinajstić information content (AvgIpc) is 3.17. The van der Waals surface area contributed by atoms with Crippen LogP contribution in [-0.4, -0.2) is 42.4 Å². The number of ether oxygens (including phenoxy) is 1. The Labute approximate surface area is 163 Å². The zero-order chi connectivity index (χ0) is 19.5. The largest absolute Gasteiger partial charge is 0.491 e. The van der Waals surface area contributed by atoms with Gasteiger partial charge < -0.3 is 19.2 Å². The number of anilines is 1. The standard InChI is InChI=1S/C22H21N3O3/c1-25(2)21-8-5-16(14-24-21)18-9-10-23-19-13-20(28-22(18)19)15-3-6-17(7-4-15)27-12-11-26/h3-10,13-14,26H,11-12H2,1-2H3. The number of hydrogen-bond acceptors (Lipinski definition) is 6. The van der Waals surface area contributed by atoms with Crippen LogP contribution in [0, 0.1) is 0 Å². The van der Waals surface area contributed by atoms with Gasteiger partial charge in [-0.2, -0.15) is 0 Å². The van der Waals surface area contributed by atoms with Gasteiger partial charge in [-0.15, -0.1) is 0 Å². The molecule has 0 atom stereocenters. The van der Waals surface area contributed by atoms with Gasteiger partial charge >= 0.3 is 0 Å². The first-order valence-electron chi connectivity index (χ1n) is 9.02. The molecule has 0 saturated heterocycles. The molecule has 0 fully saturated rings. The fourth-order valence-corrected chi connectivity index (χ4v) is 3.00. The molecular weight excluding hydrogens is 354 g/mol. The van der Waals surface area contributed by atoms with Crippen LogP contribution in [0.25, 0.3) is 33.6 Å². The van der Waals surface area contributed by atoms with E-state index in [1.165, 1.54) is 0 Å². The summed E-state index contributed by atoms with van der Waals surface area (Å²) in [6.45, 7) is 0.266. The predicted molar refractivity (Wildman–Crippen MR) is 110 cm³/mol. The third-order valence-corrected chi connectivity index (χ3v) is 4.43. The lowest BCUT2D eigenvalue weighted by molar-refractivity contribution is 0.201. The predicted octanol–water partition coefficient (Wildman–Crippen LogP) is 3.99. The minimum atomic E-state index is -0.00977. The Hall–Kier alpha value is -3.38. The van der Waals surface area contributed by atoms with E-state index in [4.69, 9.17) is 14.3 Å². The van der Waals surface area contributed by atoms with Gasteiger partial charge in [-0.25, -0.2) is 4.98 Å². The van der Waals surface area contributed by atoms with Crippen LogP contribution in [0.1, 0.15) is 0 Å². The van der Waals surface area contributed by atoms with Crippen molar-refractivity contribution in [1.29, 1.82) is 0 Å². The number of benzene rings is 1. The molecule has 0 saturated carbocycles. The maximum absolute atomic E-state index is 8.85. The molecule has 0 radical (unpaired) electrons. The first-order chi connectivity index (χ1) is 13.7. The zero-order valence-corrected chi connectivity index (χ0v) is 15.8. The summed E-state index contributed by atoms with van der Waals surface area (Å²) >= 11 is 0. The summed E-state index contributed by atoms with van der Waals surface area (Å²) in [6, 6.07) is 15.5. The Morgan fingerprint density at radius 2 is 1.79 bits per heavy atom. The second-order valence-corrected chi connectivity index (χ2v) is 6.58. The molecule has 6 heteroatoms. The minimum absolute atomic E-state index is 0.00977. The second-order valence-electron chi connectivity index (χ2n) is 6.58. The molecule has 6 nitrogen and oxygen atoms in total. The van der Waals surface area contributed by atoms with Gasteiger partial charge in [0.05, 0.1) is 6.61 Å². The molecule has 0 bridgehead atoms. The summed E-state index contributed by atoms with van der Waals surface area (Å²) in [6.07, 6.45) is 3.63. The van der Waals surface area contributed by atoms with Gasteiger partial charge in [0.25, 0.3) is 0 Å². The van der Waals surface area contributed by atoms with Crippen molar-refractivity contribution < 1.29 is 14.3 Å². The first kappa shape index (κ1) is 18.0. The van der Waals surface area contributed by atoms with E-state index in [1.54, 1.807) is 6.20 Å². The average molecular weight is 375 g/mol. The van der Waals surface area contributed by atoms with Gasteiger partial charge in [-0.1, -0.05) is 0 Å². The Balaban J connectivity index is 1.69. The molecule has 1 N–H and O–H groups in total. The molecule has 0 unspecified atom stereocenters. The van der Waals surface area contributed by atoms with E-state index in [0.29, 0.717) is 5.75 Å². The highest BCUT2D eigenvalue weighted by Gasteiger charge is 2.13. The summed E-state index contributed by atoms with van der Waals surface area (Å²) in [5, 5.41) is 8.85. The molecule has 0 aliphatic heterocycles. The molecule has 4 rings (SSSR count). The number of pyridine rings is 2. The number of aromatic nitrogens is 2. The summed E-state index contributed by atoms with van der Waals surface area (Å²) in [4.78, 5) is 10.9. The molecule has 1 aromatic carbocycles. The van der Waals surface area contributed by atoms with E-state index in [0.717, 1.165) is 39.4 Å². The van der Waals surface area contributed by atoms with Crippen LogP contribution < -0.4 is 9.64 Å². The zero-order valence-electron chi connectivity index (χ0n) is 15.8. The summed E-state index contributed by atoms with van der Waals surface area (Å²) < 4.78 is 11.6. The number of nitrogens with zero attached hydrogens (tertiary/aromatic N) is 3. The van der Waals surface area contributed by atoms with Crippen LogP contribution in [0.4, 0.5) is 5.82 Å². The van der Waals surface area contributed by atoms with Crippen molar-refractivity contribution in [2.24, 2.45) is 0 Å². The maximum Gasteiger partial charge on any atom is 0.161 e. The topological polar surface area (TPSA) is 71.6 Å². The minimum Gasteiger partial charge on any atom is -0.491 e. The van der Waals surface area contributed by atoms with Crippen LogP contribution in [0.5, 0.6) is 5.75 Å². The number of rotatable bonds is 6. The lowest BCUT2D eigenvalue weighted by Gasteiger charge is -2.11. The lowest BCUT2D eigenvalue weighted by Crippen LogP contribution is -2.09. The van der Waals surface area contributed by atoms with Crippen molar-refractivity contribution in [1.82, 2.24) is 9.97 Å². The fourth-order valence-electron chi connectivity index (χ4n) is 3.00. The van der Waals surface area contributed by atoms with Crippen LogP contribution in [0.2, 0.25) is 0 Å². The summed E-state index contributed by atoms with van der Waals surface area (Å²) in [5.41, 5.74) is 4.40. The molecule has 0 spiro atoms. The van der Waals surface area contributed by atoms with E-state index in [-0.39, 0.29) is 13.2 Å². The summed E-state index contributed by atoms with van der Waals surface area (Å²) in [5.74, 6) is 2.35. The highest BCUT2D eigenvalue weighted by Crippen LogP contribution is 2.34. The maximum atomic E-state index is 8.85. The molecule has 3 aromatic heterocycles. The SMILES string of the molecule is CN(C)c1ccc(-c2ccnc3cc(-c4ccc(OCCO)cc4)oc23)cn1. The van der Waals surface area contributed by atoms with E-state index in [1.807, 2.05) is 73.7 Å². The van der Waals surface area contributed by atoms with Gasteiger partial charge in [0.15, 0.2) is 5.58 Å². The van der Waals surface area contributed by atoms with Crippen molar-refractivity contribution in [3.63, 3.8) is 0 Å². The number of fused-ring (bicyclic) bond motifs is 1. The number of aliphatic hydroxyl groups is 1. The van der Waals surface area contributed by atoms with Gasteiger partial charge in [-0.3, -0.25) is 4.98 Å². The van der Waals surface area contributed by atoms with Crippen molar-refractivity contribution in [3.05, 3.63) is 60.9 Å². The Morgan fingerprint density at radius 3 is 2.46 bits per heavy atom. The third kappa shape index (κ3) is 3.54. The van der Waals surface area contributed by atoms with Crippen LogP contribution in [0.15, 0.2) is 65.3 Å². The van der Waals surface area contributed by atoms with Crippen molar-refractivity contribution in [2.75, 3.05) is 32.2 Å². The number of hydrogen-bond donors (Lipinski definition) is 1. The Bertz CT molecular complexity index is 1070. The number of furan rings is 1. The van der Waals surface area contributed by atoms with Crippen molar-refractivity contribution >= 4 is 16.9 Å². The Morgan fingerprint density at radius 1 is 1.00 bits per heavy atom. The van der Waals surface area contributed by atoms with Crippen LogP contribution in [-0.2, 0) is 0 Å². The van der Waals surface area contributed by atoms with Gasteiger partial charge in [0.1, 0.15) is 29.5 Å². The first-order valence-corrected chi connectivity index (χ1v) is 9.02. The highest BCUT2D eigenvalue weighted by atomic mass is 16.5. The molecule has 0 aliphatic carbocycles. The van der Waals surface area contributed by atoms with Gasteiger partial charge in [0, 0.05) is 49.2 Å². The summed E-state index contributed by atoms with van der Waals surface area (Å²) in [7, 11) is 3.93. The van der Waals surface area contributed by atoms with E-state index in [9.17, 15) is 0 Å². The van der Waals surface area contributed by atoms with E-state index >= 15 is 0 Å². The van der Waals surface area contributed by atoms with Crippen LogP contribution >= 0.6 is 0 Å². The van der Waals surface area contributed by atoms with Crippen molar-refractivity contribution in [2.45, 2.75) is 0 Å². The quantitative estimate of drug-likeness (QED) is 0.549. The van der Waals surface area contributed by atoms with E-state index in [2.05, 4.69) is 9.97 Å².